The van der Waals surface area contributed by atoms with Crippen LogP contribution >= 0.6 is 0 Å². The van der Waals surface area contributed by atoms with Crippen LogP contribution in [0.1, 0.15) is 52.9 Å². The van der Waals surface area contributed by atoms with Gasteiger partial charge in [-0.3, -0.25) is 4.79 Å². The van der Waals surface area contributed by atoms with Crippen molar-refractivity contribution in [3.8, 4) is 0 Å². The molecule has 0 bridgehead atoms. The predicted molar refractivity (Wildman–Crippen MR) is 62.6 cm³/mol. The van der Waals surface area contributed by atoms with E-state index in [1.165, 1.54) is 12.8 Å². The highest BCUT2D eigenvalue weighted by Gasteiger charge is 2.32. The van der Waals surface area contributed by atoms with Gasteiger partial charge in [-0.05, 0) is 36.5 Å². The first-order valence-corrected chi connectivity index (χ1v) is 6.22. The molecule has 1 fully saturated rings. The van der Waals surface area contributed by atoms with E-state index in [2.05, 4.69) is 26.8 Å². The smallest absolute Gasteiger partial charge is 0.133 e. The lowest BCUT2D eigenvalue weighted by molar-refractivity contribution is -0.120. The molecule has 2 rings (SSSR count). The molecule has 2 aliphatic carbocycles. The molecule has 0 aromatic carbocycles. The third kappa shape index (κ3) is 2.32. The molecule has 0 radical (unpaired) electrons. The van der Waals surface area contributed by atoms with Gasteiger partial charge in [0.05, 0.1) is 0 Å². The molecule has 1 nitrogen and oxygen atoms in total. The molecule has 0 spiro atoms. The van der Waals surface area contributed by atoms with E-state index in [1.54, 1.807) is 5.57 Å². The molecule has 0 aliphatic heterocycles. The van der Waals surface area contributed by atoms with Crippen molar-refractivity contribution in [2.75, 3.05) is 0 Å². The summed E-state index contributed by atoms with van der Waals surface area (Å²) in [6.07, 6.45) is 7.67. The first kappa shape index (κ1) is 10.9. The Morgan fingerprint density at radius 2 is 2.00 bits per heavy atom. The van der Waals surface area contributed by atoms with Crippen LogP contribution in [0.15, 0.2) is 11.6 Å². The van der Waals surface area contributed by atoms with Gasteiger partial charge in [-0.1, -0.05) is 32.4 Å². The summed E-state index contributed by atoms with van der Waals surface area (Å²) in [6.45, 7) is 6.74. The maximum atomic E-state index is 11.7. The van der Waals surface area contributed by atoms with Crippen molar-refractivity contribution in [2.45, 2.75) is 52.9 Å². The number of carbonyl (C=O) groups is 1. The number of carbonyl (C=O) groups excluding carboxylic acids is 1. The molecule has 0 aromatic rings. The van der Waals surface area contributed by atoms with Crippen LogP contribution in [0.25, 0.3) is 0 Å². The summed E-state index contributed by atoms with van der Waals surface area (Å²) >= 11 is 0. The second-order valence-corrected chi connectivity index (χ2v) is 6.06. The summed E-state index contributed by atoms with van der Waals surface area (Å²) in [5, 5.41) is 0. The van der Waals surface area contributed by atoms with E-state index in [-0.39, 0.29) is 5.41 Å². The number of Topliss-reactive ketones (excluding diaryl/α,β-unsaturated/α-hetero) is 1. The fraction of sp³-hybridized carbons (Fsp3) is 0.786. The highest BCUT2D eigenvalue weighted by Crippen LogP contribution is 2.43. The molecule has 0 unspecified atom stereocenters. The minimum Gasteiger partial charge on any atom is -0.300 e. The summed E-state index contributed by atoms with van der Waals surface area (Å²) < 4.78 is 0. The van der Waals surface area contributed by atoms with Crippen LogP contribution in [0.5, 0.6) is 0 Å². The Labute approximate surface area is 92.9 Å². The molecule has 0 heterocycles. The number of ketones is 1. The monoisotopic (exact) mass is 206 g/mol. The summed E-state index contributed by atoms with van der Waals surface area (Å²) in [6, 6.07) is 0. The van der Waals surface area contributed by atoms with Gasteiger partial charge in [-0.15, -0.1) is 0 Å². The van der Waals surface area contributed by atoms with Gasteiger partial charge in [0, 0.05) is 12.8 Å². The van der Waals surface area contributed by atoms with Crippen LogP contribution in [0.4, 0.5) is 0 Å². The standard InChI is InChI=1S/C14H22O/c1-10-4-5-11-6-7-12(15)8-14(2,3)9-13(10)11/h9-11H,4-8H2,1-3H3/t10-,11-/m0/s1. The molecular formula is C14H22O. The van der Waals surface area contributed by atoms with Crippen LogP contribution in [-0.4, -0.2) is 5.78 Å². The van der Waals surface area contributed by atoms with E-state index in [0.717, 1.165) is 25.2 Å². The average molecular weight is 206 g/mol. The topological polar surface area (TPSA) is 17.1 Å². The van der Waals surface area contributed by atoms with Crippen molar-refractivity contribution >= 4 is 5.78 Å². The minimum absolute atomic E-state index is 0.0870. The number of rotatable bonds is 0. The van der Waals surface area contributed by atoms with Crippen molar-refractivity contribution in [1.29, 1.82) is 0 Å². The summed E-state index contributed by atoms with van der Waals surface area (Å²) in [5.74, 6) is 1.92. The molecule has 0 amide bonds. The molecule has 0 aromatic heterocycles. The predicted octanol–water partition coefficient (Wildman–Crippen LogP) is 3.74. The lowest BCUT2D eigenvalue weighted by atomic mass is 9.78. The van der Waals surface area contributed by atoms with E-state index < -0.39 is 0 Å². The Morgan fingerprint density at radius 3 is 2.73 bits per heavy atom. The molecule has 0 N–H and O–H groups in total. The van der Waals surface area contributed by atoms with Gasteiger partial charge in [0.2, 0.25) is 0 Å². The SMILES string of the molecule is C[C@H]1CC[C@H]2CCC(=O)CC(C)(C)C=C21. The zero-order valence-electron chi connectivity index (χ0n) is 10.2. The summed E-state index contributed by atoms with van der Waals surface area (Å²) in [5.41, 5.74) is 1.73. The van der Waals surface area contributed by atoms with E-state index in [4.69, 9.17) is 0 Å². The largest absolute Gasteiger partial charge is 0.300 e. The third-order valence-electron chi connectivity index (χ3n) is 3.97. The normalized spacial score (nSPS) is 35.4. The van der Waals surface area contributed by atoms with Crippen LogP contribution in [0, 0.1) is 17.3 Å². The molecule has 2 atom stereocenters. The first-order chi connectivity index (χ1) is 6.98. The quantitative estimate of drug-likeness (QED) is 0.552. The molecular weight excluding hydrogens is 184 g/mol. The second kappa shape index (κ2) is 3.77. The van der Waals surface area contributed by atoms with Crippen molar-refractivity contribution < 1.29 is 4.79 Å². The van der Waals surface area contributed by atoms with Gasteiger partial charge in [-0.2, -0.15) is 0 Å². The number of fused-ring (bicyclic) bond motifs is 1. The van der Waals surface area contributed by atoms with Gasteiger partial charge in [-0.25, -0.2) is 0 Å². The molecule has 2 aliphatic rings. The molecule has 1 heteroatoms. The summed E-state index contributed by atoms with van der Waals surface area (Å²) in [7, 11) is 0. The van der Waals surface area contributed by atoms with Gasteiger partial charge >= 0.3 is 0 Å². The third-order valence-corrected chi connectivity index (χ3v) is 3.97. The zero-order valence-corrected chi connectivity index (χ0v) is 10.2. The van der Waals surface area contributed by atoms with Crippen molar-refractivity contribution in [2.24, 2.45) is 17.3 Å². The van der Waals surface area contributed by atoms with Crippen molar-refractivity contribution in [3.63, 3.8) is 0 Å². The second-order valence-electron chi connectivity index (χ2n) is 6.06. The van der Waals surface area contributed by atoms with Gasteiger partial charge < -0.3 is 0 Å². The van der Waals surface area contributed by atoms with Crippen molar-refractivity contribution in [3.05, 3.63) is 11.6 Å². The fourth-order valence-electron chi connectivity index (χ4n) is 3.19. The fourth-order valence-corrected chi connectivity index (χ4v) is 3.19. The highest BCUT2D eigenvalue weighted by atomic mass is 16.1. The zero-order chi connectivity index (χ0) is 11.1. The number of hydrogen-bond acceptors (Lipinski definition) is 1. The van der Waals surface area contributed by atoms with Gasteiger partial charge in [0.1, 0.15) is 5.78 Å². The highest BCUT2D eigenvalue weighted by molar-refractivity contribution is 5.79. The Morgan fingerprint density at radius 1 is 1.27 bits per heavy atom. The average Bonchev–Trinajstić information content (AvgIpc) is 2.41. The first-order valence-electron chi connectivity index (χ1n) is 6.22. The molecule has 15 heavy (non-hydrogen) atoms. The van der Waals surface area contributed by atoms with Crippen LogP contribution < -0.4 is 0 Å². The van der Waals surface area contributed by atoms with E-state index >= 15 is 0 Å². The Bertz CT molecular complexity index is 298. The summed E-state index contributed by atoms with van der Waals surface area (Å²) in [4.78, 5) is 11.7. The lowest BCUT2D eigenvalue weighted by Crippen LogP contribution is -2.20. The molecule has 0 saturated heterocycles. The maximum Gasteiger partial charge on any atom is 0.133 e. The van der Waals surface area contributed by atoms with E-state index in [9.17, 15) is 4.79 Å². The Hall–Kier alpha value is -0.590. The molecule has 84 valence electrons. The van der Waals surface area contributed by atoms with Gasteiger partial charge in [0.15, 0.2) is 0 Å². The van der Waals surface area contributed by atoms with Crippen molar-refractivity contribution in [1.82, 2.24) is 0 Å². The number of allylic oxidation sites excluding steroid dienone is 2. The minimum atomic E-state index is 0.0870. The Kier molecular flexibility index (Phi) is 2.74. The van der Waals surface area contributed by atoms with E-state index in [1.807, 2.05) is 0 Å². The van der Waals surface area contributed by atoms with Crippen LogP contribution in [0.2, 0.25) is 0 Å². The molecule has 1 saturated carbocycles. The number of hydrogen-bond donors (Lipinski definition) is 0. The van der Waals surface area contributed by atoms with E-state index in [0.29, 0.717) is 11.7 Å². The Balaban J connectivity index is 2.30. The lowest BCUT2D eigenvalue weighted by Gasteiger charge is -2.27. The van der Waals surface area contributed by atoms with Crippen LogP contribution in [0.3, 0.4) is 0 Å². The maximum absolute atomic E-state index is 11.7. The van der Waals surface area contributed by atoms with Gasteiger partial charge in [0.25, 0.3) is 0 Å². The van der Waals surface area contributed by atoms with Crippen LogP contribution in [-0.2, 0) is 4.79 Å².